The molecule has 0 aliphatic heterocycles. The van der Waals surface area contributed by atoms with E-state index in [1.54, 1.807) is 13.2 Å². The third-order valence-electron chi connectivity index (χ3n) is 1.97. The molecule has 0 atom stereocenters. The van der Waals surface area contributed by atoms with Gasteiger partial charge in [0.25, 0.3) is 5.89 Å². The molecule has 0 unspecified atom stereocenters. The lowest BCUT2D eigenvalue weighted by Crippen LogP contribution is -1.87. The number of halogens is 1. The molecule has 1 heterocycles. The van der Waals surface area contributed by atoms with Crippen molar-refractivity contribution in [2.75, 3.05) is 7.11 Å². The van der Waals surface area contributed by atoms with Gasteiger partial charge in [0.1, 0.15) is 12.4 Å². The van der Waals surface area contributed by atoms with Crippen LogP contribution in [0.4, 0.5) is 0 Å². The number of methoxy groups -OCH3 is 1. The number of rotatable bonds is 3. The zero-order chi connectivity index (χ0) is 11.5. The van der Waals surface area contributed by atoms with Crippen LogP contribution in [-0.2, 0) is 6.61 Å². The summed E-state index contributed by atoms with van der Waals surface area (Å²) in [6.07, 6.45) is 0. The van der Waals surface area contributed by atoms with Crippen LogP contribution in [0.2, 0.25) is 0 Å². The van der Waals surface area contributed by atoms with E-state index >= 15 is 0 Å². The fraction of sp³-hybridized carbons (Fsp3) is 0.200. The maximum absolute atomic E-state index is 8.82. The highest BCUT2D eigenvalue weighted by atomic mass is 79.9. The van der Waals surface area contributed by atoms with Crippen LogP contribution in [0.25, 0.3) is 11.4 Å². The van der Waals surface area contributed by atoms with Gasteiger partial charge in [0.05, 0.1) is 7.11 Å². The van der Waals surface area contributed by atoms with E-state index in [4.69, 9.17) is 14.4 Å². The van der Waals surface area contributed by atoms with Gasteiger partial charge in [-0.1, -0.05) is 21.1 Å². The fourth-order valence-electron chi connectivity index (χ4n) is 1.25. The molecule has 0 fully saturated rings. The lowest BCUT2D eigenvalue weighted by molar-refractivity contribution is 0.222. The first-order valence-corrected chi connectivity index (χ1v) is 5.30. The molecule has 0 spiro atoms. The Kier molecular flexibility index (Phi) is 3.21. The van der Waals surface area contributed by atoms with E-state index in [0.29, 0.717) is 11.6 Å². The van der Waals surface area contributed by atoms with Crippen molar-refractivity contribution in [3.8, 4) is 17.1 Å². The van der Waals surface area contributed by atoms with Crippen LogP contribution in [0.15, 0.2) is 27.2 Å². The lowest BCUT2D eigenvalue weighted by Gasteiger charge is -2.02. The molecule has 0 aliphatic carbocycles. The first-order chi connectivity index (χ1) is 7.72. The van der Waals surface area contributed by atoms with Crippen molar-refractivity contribution in [2.45, 2.75) is 6.61 Å². The van der Waals surface area contributed by atoms with Crippen LogP contribution in [-0.4, -0.2) is 22.4 Å². The molecule has 0 saturated carbocycles. The number of ether oxygens (including phenoxy) is 1. The zero-order valence-electron chi connectivity index (χ0n) is 8.48. The molecule has 0 saturated heterocycles. The van der Waals surface area contributed by atoms with E-state index < -0.39 is 0 Å². The van der Waals surface area contributed by atoms with E-state index in [0.717, 1.165) is 10.0 Å². The lowest BCUT2D eigenvalue weighted by atomic mass is 10.2. The molecule has 0 aliphatic rings. The summed E-state index contributed by atoms with van der Waals surface area (Å²) in [5, 5.41) is 12.6. The van der Waals surface area contributed by atoms with Crippen LogP contribution < -0.4 is 4.74 Å². The predicted molar refractivity (Wildman–Crippen MR) is 59.9 cm³/mol. The third kappa shape index (κ3) is 2.23. The standard InChI is InChI=1S/C10H9BrN2O3/c1-15-8-3-6(2-7(11)4-8)10-12-9(5-14)16-13-10/h2-4,14H,5H2,1H3. The number of hydrogen-bond acceptors (Lipinski definition) is 5. The van der Waals surface area contributed by atoms with Gasteiger partial charge in [0.2, 0.25) is 5.82 Å². The number of benzene rings is 1. The number of aromatic nitrogens is 2. The Morgan fingerprint density at radius 1 is 1.44 bits per heavy atom. The van der Waals surface area contributed by atoms with Gasteiger partial charge in [-0.3, -0.25) is 0 Å². The second-order valence-corrected chi connectivity index (χ2v) is 3.97. The van der Waals surface area contributed by atoms with Crippen molar-refractivity contribution >= 4 is 15.9 Å². The molecule has 0 amide bonds. The smallest absolute Gasteiger partial charge is 0.252 e. The van der Waals surface area contributed by atoms with Gasteiger partial charge in [-0.25, -0.2) is 0 Å². The van der Waals surface area contributed by atoms with E-state index in [-0.39, 0.29) is 12.5 Å². The van der Waals surface area contributed by atoms with Crippen molar-refractivity contribution < 1.29 is 14.4 Å². The molecule has 6 heteroatoms. The SMILES string of the molecule is COc1cc(Br)cc(-c2noc(CO)n2)c1. The minimum atomic E-state index is -0.266. The molecule has 5 nitrogen and oxygen atoms in total. The molecule has 1 N–H and O–H groups in total. The second kappa shape index (κ2) is 4.63. The molecule has 2 rings (SSSR count). The van der Waals surface area contributed by atoms with Crippen LogP contribution >= 0.6 is 15.9 Å². The average Bonchev–Trinajstić information content (AvgIpc) is 2.76. The van der Waals surface area contributed by atoms with Crippen molar-refractivity contribution in [1.82, 2.24) is 10.1 Å². The fourth-order valence-corrected chi connectivity index (χ4v) is 1.72. The Balaban J connectivity index is 2.42. The van der Waals surface area contributed by atoms with Gasteiger partial charge in [0.15, 0.2) is 0 Å². The van der Waals surface area contributed by atoms with Crippen LogP contribution in [0, 0.1) is 0 Å². The summed E-state index contributed by atoms with van der Waals surface area (Å²) in [5.41, 5.74) is 0.759. The van der Waals surface area contributed by atoms with Gasteiger partial charge in [-0.2, -0.15) is 4.98 Å². The summed E-state index contributed by atoms with van der Waals surface area (Å²) < 4.78 is 10.8. The molecular weight excluding hydrogens is 276 g/mol. The summed E-state index contributed by atoms with van der Waals surface area (Å²) in [5.74, 6) is 1.30. The minimum Gasteiger partial charge on any atom is -0.497 e. The first-order valence-electron chi connectivity index (χ1n) is 4.51. The molecule has 0 bridgehead atoms. The van der Waals surface area contributed by atoms with Crippen molar-refractivity contribution in [3.05, 3.63) is 28.6 Å². The van der Waals surface area contributed by atoms with Crippen LogP contribution in [0.5, 0.6) is 5.75 Å². The van der Waals surface area contributed by atoms with Gasteiger partial charge in [-0.15, -0.1) is 0 Å². The normalized spacial score (nSPS) is 10.4. The quantitative estimate of drug-likeness (QED) is 0.934. The Morgan fingerprint density at radius 3 is 2.88 bits per heavy atom. The summed E-state index contributed by atoms with van der Waals surface area (Å²) in [6, 6.07) is 5.46. The highest BCUT2D eigenvalue weighted by molar-refractivity contribution is 9.10. The minimum absolute atomic E-state index is 0.189. The average molecular weight is 285 g/mol. The molecule has 2 aromatic rings. The predicted octanol–water partition coefficient (Wildman–Crippen LogP) is 2.00. The largest absolute Gasteiger partial charge is 0.497 e. The molecule has 84 valence electrons. The van der Waals surface area contributed by atoms with Crippen LogP contribution in [0.3, 0.4) is 0 Å². The van der Waals surface area contributed by atoms with Gasteiger partial charge < -0.3 is 14.4 Å². The van der Waals surface area contributed by atoms with Gasteiger partial charge in [0, 0.05) is 10.0 Å². The third-order valence-corrected chi connectivity index (χ3v) is 2.43. The van der Waals surface area contributed by atoms with E-state index in [2.05, 4.69) is 26.1 Å². The topological polar surface area (TPSA) is 68.4 Å². The summed E-state index contributed by atoms with van der Waals surface area (Å²) >= 11 is 3.36. The maximum Gasteiger partial charge on any atom is 0.252 e. The van der Waals surface area contributed by atoms with Crippen LogP contribution in [0.1, 0.15) is 5.89 Å². The van der Waals surface area contributed by atoms with Crippen molar-refractivity contribution in [2.24, 2.45) is 0 Å². The first kappa shape index (κ1) is 11.1. The van der Waals surface area contributed by atoms with Gasteiger partial charge >= 0.3 is 0 Å². The Hall–Kier alpha value is -1.40. The zero-order valence-corrected chi connectivity index (χ0v) is 10.1. The second-order valence-electron chi connectivity index (χ2n) is 3.05. The molecule has 1 aromatic heterocycles. The molecule has 0 radical (unpaired) electrons. The summed E-state index contributed by atoms with van der Waals surface area (Å²) in [4.78, 5) is 4.01. The molecule has 16 heavy (non-hydrogen) atoms. The number of aliphatic hydroxyl groups is 1. The van der Waals surface area contributed by atoms with E-state index in [1.165, 1.54) is 0 Å². The van der Waals surface area contributed by atoms with E-state index in [1.807, 2.05) is 12.1 Å². The van der Waals surface area contributed by atoms with E-state index in [9.17, 15) is 0 Å². The van der Waals surface area contributed by atoms with Gasteiger partial charge in [-0.05, 0) is 18.2 Å². The highest BCUT2D eigenvalue weighted by Crippen LogP contribution is 2.26. The highest BCUT2D eigenvalue weighted by Gasteiger charge is 2.09. The number of nitrogens with zero attached hydrogens (tertiary/aromatic N) is 2. The Labute approximate surface area is 100 Å². The molecule has 1 aromatic carbocycles. The number of aliphatic hydroxyl groups excluding tert-OH is 1. The monoisotopic (exact) mass is 284 g/mol. The number of hydrogen-bond donors (Lipinski definition) is 1. The Bertz CT molecular complexity index is 499. The maximum atomic E-state index is 8.82. The van der Waals surface area contributed by atoms with Crippen molar-refractivity contribution in [1.29, 1.82) is 0 Å². The molecular formula is C10H9BrN2O3. The Morgan fingerprint density at radius 2 is 2.25 bits per heavy atom. The summed E-state index contributed by atoms with van der Waals surface area (Å²) in [6.45, 7) is -0.266. The summed E-state index contributed by atoms with van der Waals surface area (Å²) in [7, 11) is 1.58. The van der Waals surface area contributed by atoms with Crippen molar-refractivity contribution in [3.63, 3.8) is 0 Å².